The normalized spacial score (nSPS) is 16.0. The fourth-order valence-electron chi connectivity index (χ4n) is 3.43. The number of hydrogen-bond donors (Lipinski definition) is 2. The Labute approximate surface area is 151 Å². The number of fused-ring (bicyclic) bond motifs is 1. The maximum absolute atomic E-state index is 12.8. The first-order valence-electron chi connectivity index (χ1n) is 8.65. The van der Waals surface area contributed by atoms with Crippen molar-refractivity contribution < 1.29 is 9.53 Å². The Hall–Kier alpha value is -3.15. The number of benzene rings is 1. The smallest absolute Gasteiger partial charge is 0.255 e. The lowest BCUT2D eigenvalue weighted by Crippen LogP contribution is -2.38. The van der Waals surface area contributed by atoms with Crippen molar-refractivity contribution in [3.05, 3.63) is 65.6 Å². The highest BCUT2D eigenvalue weighted by Gasteiger charge is 2.23. The molecule has 0 aliphatic heterocycles. The molecule has 6 nitrogen and oxygen atoms in total. The first-order chi connectivity index (χ1) is 12.7. The summed E-state index contributed by atoms with van der Waals surface area (Å²) in [4.78, 5) is 16.9. The number of carbonyl (C=O) groups excluding carboxylic acids is 1. The molecule has 26 heavy (non-hydrogen) atoms. The molecule has 2 heterocycles. The number of H-pyrrole nitrogens is 1. The predicted octanol–water partition coefficient (Wildman–Crippen LogP) is 2.77. The Morgan fingerprint density at radius 3 is 3.00 bits per heavy atom. The van der Waals surface area contributed by atoms with Gasteiger partial charge in [0, 0.05) is 24.0 Å². The van der Waals surface area contributed by atoms with Gasteiger partial charge < -0.3 is 10.1 Å². The molecule has 0 radical (unpaired) electrons. The van der Waals surface area contributed by atoms with Gasteiger partial charge in [0.1, 0.15) is 5.75 Å². The lowest BCUT2D eigenvalue weighted by atomic mass is 9.88. The molecule has 6 heteroatoms. The SMILES string of the molecule is COc1ccc2c(c1)CCC(NC(=O)c1cn[nH]c1-c1cccnc1)C2. The Morgan fingerprint density at radius 1 is 1.27 bits per heavy atom. The van der Waals surface area contributed by atoms with Gasteiger partial charge in [-0.25, -0.2) is 0 Å². The average molecular weight is 348 g/mol. The van der Waals surface area contributed by atoms with E-state index in [0.717, 1.165) is 30.6 Å². The second-order valence-electron chi connectivity index (χ2n) is 6.45. The van der Waals surface area contributed by atoms with E-state index in [1.54, 1.807) is 25.7 Å². The topological polar surface area (TPSA) is 79.9 Å². The third-order valence-electron chi connectivity index (χ3n) is 4.81. The van der Waals surface area contributed by atoms with E-state index in [1.165, 1.54) is 11.1 Å². The molecule has 0 bridgehead atoms. The van der Waals surface area contributed by atoms with E-state index in [9.17, 15) is 4.79 Å². The highest BCUT2D eigenvalue weighted by atomic mass is 16.5. The second-order valence-corrected chi connectivity index (χ2v) is 6.45. The molecule has 0 fully saturated rings. The predicted molar refractivity (Wildman–Crippen MR) is 98.1 cm³/mol. The summed E-state index contributed by atoms with van der Waals surface area (Å²) in [6.45, 7) is 0. The van der Waals surface area contributed by atoms with Crippen LogP contribution >= 0.6 is 0 Å². The number of carbonyl (C=O) groups is 1. The van der Waals surface area contributed by atoms with Crippen LogP contribution in [0.2, 0.25) is 0 Å². The van der Waals surface area contributed by atoms with Gasteiger partial charge in [0.25, 0.3) is 5.91 Å². The maximum Gasteiger partial charge on any atom is 0.255 e. The molecule has 1 amide bonds. The zero-order valence-corrected chi connectivity index (χ0v) is 14.5. The number of amides is 1. The lowest BCUT2D eigenvalue weighted by Gasteiger charge is -2.26. The number of rotatable bonds is 4. The Bertz CT molecular complexity index is 921. The summed E-state index contributed by atoms with van der Waals surface area (Å²) in [5, 5.41) is 10.1. The minimum atomic E-state index is -0.112. The molecular formula is C20H20N4O2. The van der Waals surface area contributed by atoms with E-state index in [-0.39, 0.29) is 11.9 Å². The highest BCUT2D eigenvalue weighted by Crippen LogP contribution is 2.26. The van der Waals surface area contributed by atoms with E-state index < -0.39 is 0 Å². The van der Waals surface area contributed by atoms with Crippen LogP contribution in [0.4, 0.5) is 0 Å². The third kappa shape index (κ3) is 3.18. The summed E-state index contributed by atoms with van der Waals surface area (Å²) in [7, 11) is 1.68. The molecular weight excluding hydrogens is 328 g/mol. The number of aromatic amines is 1. The molecule has 2 N–H and O–H groups in total. The summed E-state index contributed by atoms with van der Waals surface area (Å²) in [5.41, 5.74) is 4.64. The van der Waals surface area contributed by atoms with Crippen molar-refractivity contribution in [3.8, 4) is 17.0 Å². The molecule has 1 aliphatic carbocycles. The van der Waals surface area contributed by atoms with Crippen LogP contribution in [0.25, 0.3) is 11.3 Å². The quantitative estimate of drug-likeness (QED) is 0.760. The van der Waals surface area contributed by atoms with Crippen molar-refractivity contribution in [1.29, 1.82) is 0 Å². The molecule has 4 rings (SSSR count). The van der Waals surface area contributed by atoms with Crippen LogP contribution in [-0.2, 0) is 12.8 Å². The molecule has 0 saturated carbocycles. The van der Waals surface area contributed by atoms with Crippen LogP contribution < -0.4 is 10.1 Å². The number of nitrogens with zero attached hydrogens (tertiary/aromatic N) is 2. The van der Waals surface area contributed by atoms with Crippen LogP contribution in [0.5, 0.6) is 5.75 Å². The summed E-state index contributed by atoms with van der Waals surface area (Å²) in [5.74, 6) is 0.769. The molecule has 0 spiro atoms. The van der Waals surface area contributed by atoms with Crippen LogP contribution in [0.15, 0.2) is 48.9 Å². The minimum Gasteiger partial charge on any atom is -0.497 e. The van der Waals surface area contributed by atoms with Gasteiger partial charge in [-0.05, 0) is 54.7 Å². The van der Waals surface area contributed by atoms with Crippen LogP contribution in [0.3, 0.4) is 0 Å². The van der Waals surface area contributed by atoms with Gasteiger partial charge >= 0.3 is 0 Å². The molecule has 1 atom stereocenters. The Kier molecular flexibility index (Phi) is 4.39. The largest absolute Gasteiger partial charge is 0.497 e. The Balaban J connectivity index is 1.49. The van der Waals surface area contributed by atoms with Crippen molar-refractivity contribution in [2.75, 3.05) is 7.11 Å². The van der Waals surface area contributed by atoms with E-state index in [0.29, 0.717) is 11.3 Å². The van der Waals surface area contributed by atoms with Gasteiger partial charge in [-0.3, -0.25) is 14.9 Å². The van der Waals surface area contributed by atoms with Crippen molar-refractivity contribution in [2.45, 2.75) is 25.3 Å². The van der Waals surface area contributed by atoms with Gasteiger partial charge in [-0.1, -0.05) is 6.07 Å². The molecule has 3 aromatic rings. The number of hydrogen-bond acceptors (Lipinski definition) is 4. The van der Waals surface area contributed by atoms with Crippen LogP contribution in [-0.4, -0.2) is 34.2 Å². The Morgan fingerprint density at radius 2 is 2.19 bits per heavy atom. The molecule has 2 aromatic heterocycles. The van der Waals surface area contributed by atoms with E-state index in [2.05, 4.69) is 32.6 Å². The van der Waals surface area contributed by atoms with E-state index >= 15 is 0 Å². The van der Waals surface area contributed by atoms with Crippen molar-refractivity contribution in [1.82, 2.24) is 20.5 Å². The summed E-state index contributed by atoms with van der Waals surface area (Å²) < 4.78 is 5.29. The van der Waals surface area contributed by atoms with Crippen molar-refractivity contribution in [3.63, 3.8) is 0 Å². The van der Waals surface area contributed by atoms with Gasteiger partial charge in [-0.2, -0.15) is 5.10 Å². The first kappa shape index (κ1) is 16.3. The van der Waals surface area contributed by atoms with E-state index in [1.807, 2.05) is 18.2 Å². The minimum absolute atomic E-state index is 0.111. The van der Waals surface area contributed by atoms with Crippen LogP contribution in [0.1, 0.15) is 27.9 Å². The summed E-state index contributed by atoms with van der Waals surface area (Å²) >= 11 is 0. The van der Waals surface area contributed by atoms with E-state index in [4.69, 9.17) is 4.74 Å². The summed E-state index contributed by atoms with van der Waals surface area (Å²) in [6, 6.07) is 10.0. The fraction of sp³-hybridized carbons (Fsp3) is 0.250. The molecule has 1 aromatic carbocycles. The molecule has 132 valence electrons. The number of aromatic nitrogens is 3. The zero-order valence-electron chi connectivity index (χ0n) is 14.5. The van der Waals surface area contributed by atoms with Gasteiger partial charge in [0.2, 0.25) is 0 Å². The average Bonchev–Trinajstić information content (AvgIpc) is 3.18. The highest BCUT2D eigenvalue weighted by molar-refractivity contribution is 5.99. The second kappa shape index (κ2) is 7.00. The third-order valence-corrected chi connectivity index (χ3v) is 4.81. The van der Waals surface area contributed by atoms with Crippen molar-refractivity contribution in [2.24, 2.45) is 0 Å². The van der Waals surface area contributed by atoms with Gasteiger partial charge in [0.15, 0.2) is 0 Å². The monoisotopic (exact) mass is 348 g/mol. The molecule has 1 aliphatic rings. The van der Waals surface area contributed by atoms with Crippen molar-refractivity contribution >= 4 is 5.91 Å². The molecule has 1 unspecified atom stereocenters. The first-order valence-corrected chi connectivity index (χ1v) is 8.65. The maximum atomic E-state index is 12.8. The standard InChI is InChI=1S/C20H20N4O2/c1-26-17-7-5-13-9-16(6-4-14(13)10-17)23-20(25)18-12-22-24-19(18)15-3-2-8-21-11-15/h2-3,5,7-8,10-12,16H,4,6,9H2,1H3,(H,22,24)(H,23,25). The number of aryl methyl sites for hydroxylation is 1. The summed E-state index contributed by atoms with van der Waals surface area (Å²) in [6.07, 6.45) is 7.65. The zero-order chi connectivity index (χ0) is 17.9. The number of ether oxygens (including phenoxy) is 1. The number of pyridine rings is 1. The van der Waals surface area contributed by atoms with Crippen LogP contribution in [0, 0.1) is 0 Å². The number of methoxy groups -OCH3 is 1. The van der Waals surface area contributed by atoms with Gasteiger partial charge in [-0.15, -0.1) is 0 Å². The fourth-order valence-corrected chi connectivity index (χ4v) is 3.43. The van der Waals surface area contributed by atoms with Gasteiger partial charge in [0.05, 0.1) is 24.6 Å². The lowest BCUT2D eigenvalue weighted by molar-refractivity contribution is 0.0934. The number of nitrogens with one attached hydrogen (secondary N) is 2. The molecule has 0 saturated heterocycles.